The molecule has 3 heterocycles. The van der Waals surface area contributed by atoms with Gasteiger partial charge in [-0.2, -0.15) is 0 Å². The third-order valence-electron chi connectivity index (χ3n) is 7.49. The van der Waals surface area contributed by atoms with Crippen LogP contribution in [0.1, 0.15) is 56.2 Å². The third-order valence-corrected chi connectivity index (χ3v) is 7.49. The fourth-order valence-electron chi connectivity index (χ4n) is 5.74. The van der Waals surface area contributed by atoms with Gasteiger partial charge in [0.25, 0.3) is 0 Å². The summed E-state index contributed by atoms with van der Waals surface area (Å²) >= 11 is 0. The van der Waals surface area contributed by atoms with Gasteiger partial charge in [0.1, 0.15) is 0 Å². The first kappa shape index (κ1) is 20.2. The number of carbonyl (C=O) groups is 2. The summed E-state index contributed by atoms with van der Waals surface area (Å²) < 4.78 is 0. The fraction of sp³-hybridized carbons (Fsp3) is 0.520. The van der Waals surface area contributed by atoms with Gasteiger partial charge in [0, 0.05) is 43.1 Å². The predicted molar refractivity (Wildman–Crippen MR) is 117 cm³/mol. The second kappa shape index (κ2) is 8.40. The van der Waals surface area contributed by atoms with Gasteiger partial charge in [-0.25, -0.2) is 0 Å². The number of amides is 2. The minimum absolute atomic E-state index is 0.0212. The smallest absolute Gasteiger partial charge is 0.228 e. The molecule has 3 fully saturated rings. The molecule has 1 N–H and O–H groups in total. The van der Waals surface area contributed by atoms with Crippen LogP contribution in [0.25, 0.3) is 0 Å². The van der Waals surface area contributed by atoms with Crippen molar-refractivity contribution < 1.29 is 9.59 Å². The third kappa shape index (κ3) is 3.84. The molecule has 2 aliphatic heterocycles. The summed E-state index contributed by atoms with van der Waals surface area (Å²) in [6.07, 6.45) is 12.7. The maximum Gasteiger partial charge on any atom is 0.228 e. The van der Waals surface area contributed by atoms with Crippen molar-refractivity contribution >= 4 is 11.8 Å². The van der Waals surface area contributed by atoms with Crippen LogP contribution in [-0.4, -0.2) is 44.8 Å². The molecule has 6 heteroatoms. The number of carbonyl (C=O) groups excluding carboxylic acids is 2. The number of benzene rings is 1. The lowest BCUT2D eigenvalue weighted by atomic mass is 9.69. The highest BCUT2D eigenvalue weighted by Crippen LogP contribution is 2.52. The van der Waals surface area contributed by atoms with E-state index in [2.05, 4.69) is 32.3 Å². The molecule has 2 saturated heterocycles. The maximum absolute atomic E-state index is 13.6. The van der Waals surface area contributed by atoms with Crippen LogP contribution in [0.3, 0.4) is 0 Å². The Morgan fingerprint density at radius 2 is 1.94 bits per heavy atom. The van der Waals surface area contributed by atoms with Crippen molar-refractivity contribution in [2.45, 2.75) is 75.9 Å². The van der Waals surface area contributed by atoms with E-state index < -0.39 is 5.41 Å². The highest BCUT2D eigenvalue weighted by atomic mass is 16.2. The van der Waals surface area contributed by atoms with E-state index in [1.807, 2.05) is 18.2 Å². The number of nitrogens with one attached hydrogen (secondary N) is 1. The van der Waals surface area contributed by atoms with Gasteiger partial charge in [0.05, 0.1) is 11.1 Å². The number of nitrogens with zero attached hydrogens (tertiary/aromatic N) is 3. The normalized spacial score (nSPS) is 27.2. The van der Waals surface area contributed by atoms with E-state index in [1.165, 1.54) is 12.0 Å². The van der Waals surface area contributed by atoms with Crippen LogP contribution >= 0.6 is 0 Å². The van der Waals surface area contributed by atoms with Gasteiger partial charge in [-0.15, -0.1) is 0 Å². The van der Waals surface area contributed by atoms with E-state index in [9.17, 15) is 9.59 Å². The Kier molecular flexibility index (Phi) is 5.47. The van der Waals surface area contributed by atoms with E-state index in [0.29, 0.717) is 25.3 Å². The first-order valence-corrected chi connectivity index (χ1v) is 11.6. The summed E-state index contributed by atoms with van der Waals surface area (Å²) in [7, 11) is 0. The van der Waals surface area contributed by atoms with Gasteiger partial charge >= 0.3 is 0 Å². The van der Waals surface area contributed by atoms with Crippen molar-refractivity contribution in [3.63, 3.8) is 0 Å². The van der Waals surface area contributed by atoms with Crippen LogP contribution in [-0.2, 0) is 22.4 Å². The van der Waals surface area contributed by atoms with Crippen molar-refractivity contribution in [3.8, 4) is 0 Å². The van der Waals surface area contributed by atoms with E-state index in [1.54, 1.807) is 18.6 Å². The lowest BCUT2D eigenvalue weighted by Gasteiger charge is -2.39. The standard InChI is InChI=1S/C25H30N4O2/c30-23(12-9-20-17-26-13-14-27-20)29-21-10-11-22(29)25(16-21,15-18-5-2-1-3-6-18)24(31)28-19-7-4-8-19/h1-3,5-6,13-14,17,19,21-22H,4,7-12,15-16H2,(H,28,31)/t21-,22+,25+/m1/s1. The first-order valence-electron chi connectivity index (χ1n) is 11.6. The summed E-state index contributed by atoms with van der Waals surface area (Å²) in [6, 6.07) is 10.7. The van der Waals surface area contributed by atoms with E-state index in [0.717, 1.165) is 37.8 Å². The summed E-state index contributed by atoms with van der Waals surface area (Å²) in [6.45, 7) is 0. The molecule has 5 rings (SSSR count). The van der Waals surface area contributed by atoms with Crippen LogP contribution in [0.2, 0.25) is 0 Å². The molecule has 1 aromatic heterocycles. The van der Waals surface area contributed by atoms with Crippen molar-refractivity contribution in [1.82, 2.24) is 20.2 Å². The minimum Gasteiger partial charge on any atom is -0.353 e. The molecule has 0 spiro atoms. The zero-order valence-electron chi connectivity index (χ0n) is 17.9. The van der Waals surface area contributed by atoms with Crippen LogP contribution in [0, 0.1) is 5.41 Å². The molecule has 0 unspecified atom stereocenters. The quantitative estimate of drug-likeness (QED) is 0.750. The minimum atomic E-state index is -0.526. The van der Waals surface area contributed by atoms with E-state index in [4.69, 9.17) is 0 Å². The highest BCUT2D eigenvalue weighted by Gasteiger charge is 2.61. The SMILES string of the molecule is O=C(CCc1cnccn1)N1[C@@H]2CC[C@H]1[C@@](Cc1ccccc1)(C(=O)NC1CCC1)C2. The summed E-state index contributed by atoms with van der Waals surface area (Å²) in [4.78, 5) is 37.4. The molecule has 31 heavy (non-hydrogen) atoms. The monoisotopic (exact) mass is 418 g/mol. The summed E-state index contributed by atoms with van der Waals surface area (Å²) in [5.41, 5.74) is 1.48. The molecule has 2 aromatic rings. The van der Waals surface area contributed by atoms with Gasteiger partial charge in [-0.1, -0.05) is 30.3 Å². The molecule has 3 aliphatic rings. The number of hydrogen-bond donors (Lipinski definition) is 1. The number of hydrogen-bond acceptors (Lipinski definition) is 4. The summed E-state index contributed by atoms with van der Waals surface area (Å²) in [5.74, 6) is 0.296. The molecule has 162 valence electrons. The maximum atomic E-state index is 13.6. The Balaban J connectivity index is 1.37. The number of aryl methyl sites for hydroxylation is 1. The Morgan fingerprint density at radius 1 is 1.10 bits per heavy atom. The van der Waals surface area contributed by atoms with Crippen LogP contribution < -0.4 is 5.32 Å². The van der Waals surface area contributed by atoms with Gasteiger partial charge in [-0.05, 0) is 56.9 Å². The average molecular weight is 419 g/mol. The number of fused-ring (bicyclic) bond motifs is 2. The van der Waals surface area contributed by atoms with E-state index >= 15 is 0 Å². The molecule has 2 amide bonds. The van der Waals surface area contributed by atoms with Crippen LogP contribution in [0.4, 0.5) is 0 Å². The van der Waals surface area contributed by atoms with Gasteiger partial charge in [0.2, 0.25) is 11.8 Å². The zero-order valence-corrected chi connectivity index (χ0v) is 17.9. The average Bonchev–Trinajstić information content (AvgIpc) is 3.32. The Bertz CT molecular complexity index is 931. The second-order valence-corrected chi connectivity index (χ2v) is 9.37. The fourth-order valence-corrected chi connectivity index (χ4v) is 5.74. The van der Waals surface area contributed by atoms with Crippen molar-refractivity contribution in [1.29, 1.82) is 0 Å². The largest absolute Gasteiger partial charge is 0.353 e. The van der Waals surface area contributed by atoms with Gasteiger partial charge in [0.15, 0.2) is 0 Å². The molecular formula is C25H30N4O2. The first-order chi connectivity index (χ1) is 15.2. The molecule has 3 atom stereocenters. The molecule has 1 aliphatic carbocycles. The highest BCUT2D eigenvalue weighted by molar-refractivity contribution is 5.87. The Labute approximate surface area is 183 Å². The molecule has 6 nitrogen and oxygen atoms in total. The lowest BCUT2D eigenvalue weighted by molar-refractivity contribution is -0.137. The summed E-state index contributed by atoms with van der Waals surface area (Å²) in [5, 5.41) is 3.33. The molecular weight excluding hydrogens is 388 g/mol. The van der Waals surface area contributed by atoms with Crippen molar-refractivity contribution in [2.75, 3.05) is 0 Å². The molecule has 1 saturated carbocycles. The van der Waals surface area contributed by atoms with Crippen molar-refractivity contribution in [3.05, 3.63) is 60.2 Å². The molecule has 2 bridgehead atoms. The van der Waals surface area contributed by atoms with Crippen LogP contribution in [0.15, 0.2) is 48.9 Å². The number of rotatable bonds is 7. The van der Waals surface area contributed by atoms with Crippen LogP contribution in [0.5, 0.6) is 0 Å². The Morgan fingerprint density at radius 3 is 2.65 bits per heavy atom. The van der Waals surface area contributed by atoms with E-state index in [-0.39, 0.29) is 23.9 Å². The van der Waals surface area contributed by atoms with Gasteiger partial charge < -0.3 is 10.2 Å². The zero-order chi connectivity index (χ0) is 21.3. The molecule has 1 aromatic carbocycles. The second-order valence-electron chi connectivity index (χ2n) is 9.37. The number of aromatic nitrogens is 2. The Hall–Kier alpha value is -2.76. The lowest BCUT2D eigenvalue weighted by Crippen LogP contribution is -2.54. The topological polar surface area (TPSA) is 75.2 Å². The van der Waals surface area contributed by atoms with Crippen molar-refractivity contribution in [2.24, 2.45) is 5.41 Å². The van der Waals surface area contributed by atoms with Gasteiger partial charge in [-0.3, -0.25) is 19.6 Å². The predicted octanol–water partition coefficient (Wildman–Crippen LogP) is 3.07. The molecule has 0 radical (unpaired) electrons.